The zero-order valence-corrected chi connectivity index (χ0v) is 13.0. The minimum absolute atomic E-state index is 0.0396. The van der Waals surface area contributed by atoms with Crippen molar-refractivity contribution >= 4 is 17.5 Å². The van der Waals surface area contributed by atoms with E-state index in [0.29, 0.717) is 16.6 Å². The van der Waals surface area contributed by atoms with Crippen LogP contribution in [-0.2, 0) is 6.42 Å². The molecule has 1 aromatic rings. The standard InChI is InChI=1S/C16H23ClN2O/c1-3-14-8-13(9-15(17)19-14)16(20)18-10-12-6-4-5-11(2)7-12/h8-9,11-12H,3-7,10H2,1-2H3,(H,18,20). The molecular formula is C16H23ClN2O. The van der Waals surface area contributed by atoms with E-state index in [1.165, 1.54) is 25.7 Å². The van der Waals surface area contributed by atoms with Crippen molar-refractivity contribution in [2.75, 3.05) is 6.54 Å². The van der Waals surface area contributed by atoms with E-state index in [-0.39, 0.29) is 5.91 Å². The molecule has 110 valence electrons. The number of nitrogens with one attached hydrogen (secondary N) is 1. The van der Waals surface area contributed by atoms with Crippen LogP contribution in [0.25, 0.3) is 0 Å². The average molecular weight is 295 g/mol. The monoisotopic (exact) mass is 294 g/mol. The Balaban J connectivity index is 1.93. The summed E-state index contributed by atoms with van der Waals surface area (Å²) in [6.07, 6.45) is 5.83. The van der Waals surface area contributed by atoms with Gasteiger partial charge in [-0.05, 0) is 43.2 Å². The van der Waals surface area contributed by atoms with E-state index < -0.39 is 0 Å². The van der Waals surface area contributed by atoms with Crippen LogP contribution in [0.4, 0.5) is 0 Å². The van der Waals surface area contributed by atoms with Gasteiger partial charge in [-0.2, -0.15) is 0 Å². The predicted molar refractivity (Wildman–Crippen MR) is 82.1 cm³/mol. The third-order valence-corrected chi connectivity index (χ3v) is 4.26. The fraction of sp³-hybridized carbons (Fsp3) is 0.625. The van der Waals surface area contributed by atoms with Gasteiger partial charge in [0.2, 0.25) is 0 Å². The minimum atomic E-state index is -0.0396. The van der Waals surface area contributed by atoms with Gasteiger partial charge in [0, 0.05) is 17.8 Å². The molecule has 20 heavy (non-hydrogen) atoms. The molecule has 0 bridgehead atoms. The van der Waals surface area contributed by atoms with Crippen LogP contribution in [0.1, 0.15) is 55.6 Å². The number of aryl methyl sites for hydroxylation is 1. The van der Waals surface area contributed by atoms with Gasteiger partial charge in [0.25, 0.3) is 5.91 Å². The second kappa shape index (κ2) is 7.07. The molecule has 0 radical (unpaired) electrons. The van der Waals surface area contributed by atoms with E-state index in [1.807, 2.05) is 13.0 Å². The summed E-state index contributed by atoms with van der Waals surface area (Å²) in [5.74, 6) is 1.36. The molecule has 1 aliphatic rings. The maximum Gasteiger partial charge on any atom is 0.251 e. The number of aromatic nitrogens is 1. The minimum Gasteiger partial charge on any atom is -0.352 e. The van der Waals surface area contributed by atoms with Crippen LogP contribution in [0.3, 0.4) is 0 Å². The van der Waals surface area contributed by atoms with Gasteiger partial charge >= 0.3 is 0 Å². The molecule has 0 aromatic carbocycles. The molecule has 0 aliphatic heterocycles. The summed E-state index contributed by atoms with van der Waals surface area (Å²) in [5, 5.41) is 3.43. The van der Waals surface area contributed by atoms with E-state index >= 15 is 0 Å². The molecule has 0 spiro atoms. The van der Waals surface area contributed by atoms with Gasteiger partial charge in [0.1, 0.15) is 5.15 Å². The van der Waals surface area contributed by atoms with Gasteiger partial charge < -0.3 is 5.32 Å². The van der Waals surface area contributed by atoms with Crippen molar-refractivity contribution in [3.63, 3.8) is 0 Å². The number of carbonyl (C=O) groups is 1. The molecule has 0 saturated heterocycles. The first kappa shape index (κ1) is 15.3. The van der Waals surface area contributed by atoms with E-state index in [0.717, 1.165) is 24.6 Å². The van der Waals surface area contributed by atoms with Crippen LogP contribution in [0.15, 0.2) is 12.1 Å². The third-order valence-electron chi connectivity index (χ3n) is 4.07. The zero-order valence-electron chi connectivity index (χ0n) is 12.3. The zero-order chi connectivity index (χ0) is 14.5. The average Bonchev–Trinajstić information content (AvgIpc) is 2.44. The fourth-order valence-electron chi connectivity index (χ4n) is 2.95. The Morgan fingerprint density at radius 2 is 2.25 bits per heavy atom. The van der Waals surface area contributed by atoms with Crippen molar-refractivity contribution < 1.29 is 4.79 Å². The number of hydrogen-bond donors (Lipinski definition) is 1. The molecule has 2 atom stereocenters. The number of carbonyl (C=O) groups excluding carboxylic acids is 1. The molecule has 1 heterocycles. The van der Waals surface area contributed by atoms with Crippen molar-refractivity contribution in [3.05, 3.63) is 28.5 Å². The summed E-state index contributed by atoms with van der Waals surface area (Å²) in [5.41, 5.74) is 1.47. The van der Waals surface area contributed by atoms with E-state index in [1.54, 1.807) is 6.07 Å². The van der Waals surface area contributed by atoms with Gasteiger partial charge in [-0.25, -0.2) is 4.98 Å². The Hall–Kier alpha value is -1.09. The van der Waals surface area contributed by atoms with E-state index in [9.17, 15) is 4.79 Å². The number of amides is 1. The third kappa shape index (κ3) is 4.20. The van der Waals surface area contributed by atoms with Gasteiger partial charge in [-0.15, -0.1) is 0 Å². The number of halogens is 1. The van der Waals surface area contributed by atoms with Crippen LogP contribution in [0.5, 0.6) is 0 Å². The van der Waals surface area contributed by atoms with Crippen LogP contribution in [-0.4, -0.2) is 17.4 Å². The van der Waals surface area contributed by atoms with E-state index in [4.69, 9.17) is 11.6 Å². The first-order valence-corrected chi connectivity index (χ1v) is 7.91. The number of nitrogens with zero attached hydrogens (tertiary/aromatic N) is 1. The molecule has 3 nitrogen and oxygen atoms in total. The van der Waals surface area contributed by atoms with Gasteiger partial charge in [-0.1, -0.05) is 38.3 Å². The molecule has 1 aromatic heterocycles. The molecule has 2 rings (SSSR count). The van der Waals surface area contributed by atoms with Gasteiger partial charge in [-0.3, -0.25) is 4.79 Å². The normalized spacial score (nSPS) is 22.6. The highest BCUT2D eigenvalue weighted by Crippen LogP contribution is 2.28. The highest BCUT2D eigenvalue weighted by molar-refractivity contribution is 6.29. The van der Waals surface area contributed by atoms with Crippen molar-refractivity contribution in [1.82, 2.24) is 10.3 Å². The molecule has 1 saturated carbocycles. The van der Waals surface area contributed by atoms with E-state index in [2.05, 4.69) is 17.2 Å². The van der Waals surface area contributed by atoms with Crippen LogP contribution >= 0.6 is 11.6 Å². The molecule has 1 aliphatic carbocycles. The predicted octanol–water partition coefficient (Wildman–Crippen LogP) is 3.85. The maximum absolute atomic E-state index is 12.2. The lowest BCUT2D eigenvalue weighted by atomic mass is 9.82. The van der Waals surface area contributed by atoms with Crippen LogP contribution < -0.4 is 5.32 Å². The molecule has 1 N–H and O–H groups in total. The Morgan fingerprint density at radius 3 is 2.95 bits per heavy atom. The SMILES string of the molecule is CCc1cc(C(=O)NCC2CCCC(C)C2)cc(Cl)n1. The van der Waals surface area contributed by atoms with Gasteiger partial charge in [0.05, 0.1) is 0 Å². The first-order valence-electron chi connectivity index (χ1n) is 7.53. The Labute approximate surface area is 126 Å². The Morgan fingerprint density at radius 1 is 1.45 bits per heavy atom. The van der Waals surface area contributed by atoms with Crippen molar-refractivity contribution in [1.29, 1.82) is 0 Å². The summed E-state index contributed by atoms with van der Waals surface area (Å²) < 4.78 is 0. The molecule has 4 heteroatoms. The van der Waals surface area contributed by atoms with Crippen molar-refractivity contribution in [3.8, 4) is 0 Å². The number of hydrogen-bond acceptors (Lipinski definition) is 2. The summed E-state index contributed by atoms with van der Waals surface area (Å²) in [6, 6.07) is 3.46. The summed E-state index contributed by atoms with van der Waals surface area (Å²) >= 11 is 5.95. The Bertz CT molecular complexity index is 476. The maximum atomic E-state index is 12.2. The molecule has 1 amide bonds. The number of rotatable bonds is 4. The Kier molecular flexibility index (Phi) is 5.41. The smallest absolute Gasteiger partial charge is 0.251 e. The molecule has 2 unspecified atom stereocenters. The van der Waals surface area contributed by atoms with Gasteiger partial charge in [0.15, 0.2) is 0 Å². The number of pyridine rings is 1. The van der Waals surface area contributed by atoms with Crippen molar-refractivity contribution in [2.45, 2.75) is 46.0 Å². The first-order chi connectivity index (χ1) is 9.58. The van der Waals surface area contributed by atoms with Crippen LogP contribution in [0.2, 0.25) is 5.15 Å². The second-order valence-corrected chi connectivity index (χ2v) is 6.26. The summed E-state index contributed by atoms with van der Waals surface area (Å²) in [4.78, 5) is 16.4. The molecular weight excluding hydrogens is 272 g/mol. The summed E-state index contributed by atoms with van der Waals surface area (Å²) in [6.45, 7) is 5.07. The second-order valence-electron chi connectivity index (χ2n) is 5.87. The lowest BCUT2D eigenvalue weighted by Crippen LogP contribution is -2.31. The lowest BCUT2D eigenvalue weighted by Gasteiger charge is -2.26. The topological polar surface area (TPSA) is 42.0 Å². The van der Waals surface area contributed by atoms with Crippen molar-refractivity contribution in [2.24, 2.45) is 11.8 Å². The fourth-order valence-corrected chi connectivity index (χ4v) is 3.17. The molecule has 1 fully saturated rings. The van der Waals surface area contributed by atoms with Crippen LogP contribution in [0, 0.1) is 11.8 Å². The highest BCUT2D eigenvalue weighted by atomic mass is 35.5. The lowest BCUT2D eigenvalue weighted by molar-refractivity contribution is 0.0940. The quantitative estimate of drug-likeness (QED) is 0.857. The largest absolute Gasteiger partial charge is 0.352 e. The highest BCUT2D eigenvalue weighted by Gasteiger charge is 2.19. The summed E-state index contributed by atoms with van der Waals surface area (Å²) in [7, 11) is 0.